The number of benzene rings is 2. The summed E-state index contributed by atoms with van der Waals surface area (Å²) in [4.78, 5) is 23.6. The third-order valence-electron chi connectivity index (χ3n) is 3.29. The van der Waals surface area contributed by atoms with E-state index in [0.717, 1.165) is 17.8 Å². The van der Waals surface area contributed by atoms with E-state index in [1.807, 2.05) is 0 Å². The highest BCUT2D eigenvalue weighted by Crippen LogP contribution is 2.37. The summed E-state index contributed by atoms with van der Waals surface area (Å²) >= 11 is 1.03. The van der Waals surface area contributed by atoms with Gasteiger partial charge in [-0.3, -0.25) is 0 Å². The summed E-state index contributed by atoms with van der Waals surface area (Å²) in [5.41, 5.74) is 6.77. The van der Waals surface area contributed by atoms with E-state index in [1.54, 1.807) is 19.1 Å². The number of carboxylic acid groups (broad SMARTS) is 1. The first-order valence-corrected chi connectivity index (χ1v) is 7.35. The van der Waals surface area contributed by atoms with Crippen molar-refractivity contribution in [3.8, 4) is 0 Å². The summed E-state index contributed by atoms with van der Waals surface area (Å²) in [6.45, 7) is 1.66. The van der Waals surface area contributed by atoms with Gasteiger partial charge in [0, 0.05) is 15.5 Å². The topological polar surface area (TPSA) is 89.6 Å². The van der Waals surface area contributed by atoms with Crippen molar-refractivity contribution in [2.24, 2.45) is 0 Å². The van der Waals surface area contributed by atoms with Crippen LogP contribution in [0.15, 0.2) is 40.1 Å². The molecule has 23 heavy (non-hydrogen) atoms. The lowest BCUT2D eigenvalue weighted by Crippen LogP contribution is -2.07. The van der Waals surface area contributed by atoms with E-state index < -0.39 is 23.3 Å². The Morgan fingerprint density at radius 3 is 2.52 bits per heavy atom. The third kappa shape index (κ3) is 3.29. The molecule has 0 heterocycles. The second-order valence-electron chi connectivity index (χ2n) is 4.66. The lowest BCUT2D eigenvalue weighted by molar-refractivity contribution is 0.0599. The average Bonchev–Trinajstić information content (AvgIpc) is 2.51. The van der Waals surface area contributed by atoms with Gasteiger partial charge in [0.15, 0.2) is 0 Å². The number of methoxy groups -OCH3 is 1. The fraction of sp³-hybridized carbons (Fsp3) is 0.125. The average molecular weight is 335 g/mol. The molecule has 2 aromatic carbocycles. The number of aromatic carboxylic acids is 1. The molecule has 0 amide bonds. The summed E-state index contributed by atoms with van der Waals surface area (Å²) in [6.07, 6.45) is 0. The van der Waals surface area contributed by atoms with Crippen molar-refractivity contribution in [3.05, 3.63) is 52.8 Å². The number of nitrogen functional groups attached to an aromatic ring is 1. The molecular formula is C16H14FNO4S. The predicted octanol–water partition coefficient (Wildman–Crippen LogP) is 3.35. The van der Waals surface area contributed by atoms with Crippen LogP contribution in [0.5, 0.6) is 0 Å². The van der Waals surface area contributed by atoms with Crippen molar-refractivity contribution in [1.82, 2.24) is 0 Å². The van der Waals surface area contributed by atoms with Crippen molar-refractivity contribution in [3.63, 3.8) is 0 Å². The molecule has 7 heteroatoms. The van der Waals surface area contributed by atoms with Crippen LogP contribution in [-0.2, 0) is 4.74 Å². The Labute approximate surface area is 136 Å². The zero-order chi connectivity index (χ0) is 17.1. The van der Waals surface area contributed by atoms with Crippen molar-refractivity contribution in [2.75, 3.05) is 12.8 Å². The number of ether oxygens (including phenoxy) is 1. The van der Waals surface area contributed by atoms with Gasteiger partial charge in [-0.2, -0.15) is 0 Å². The van der Waals surface area contributed by atoms with Gasteiger partial charge in [-0.25, -0.2) is 14.0 Å². The van der Waals surface area contributed by atoms with Crippen LogP contribution in [0.2, 0.25) is 0 Å². The van der Waals surface area contributed by atoms with Crippen LogP contribution in [0.25, 0.3) is 0 Å². The molecule has 0 aliphatic rings. The zero-order valence-electron chi connectivity index (χ0n) is 12.4. The van der Waals surface area contributed by atoms with Crippen LogP contribution >= 0.6 is 11.8 Å². The number of carbonyl (C=O) groups is 2. The Balaban J connectivity index is 2.47. The number of carbonyl (C=O) groups excluding carboxylic acids is 1. The highest BCUT2D eigenvalue weighted by atomic mass is 32.2. The minimum atomic E-state index is -1.35. The maximum absolute atomic E-state index is 13.7. The highest BCUT2D eigenvalue weighted by Gasteiger charge is 2.19. The number of anilines is 1. The molecule has 2 rings (SSSR count). The summed E-state index contributed by atoms with van der Waals surface area (Å²) in [5.74, 6) is -2.68. The molecule has 120 valence electrons. The van der Waals surface area contributed by atoms with E-state index in [2.05, 4.69) is 4.74 Å². The molecule has 0 saturated heterocycles. The summed E-state index contributed by atoms with van der Waals surface area (Å²) < 4.78 is 18.4. The highest BCUT2D eigenvalue weighted by molar-refractivity contribution is 7.99. The van der Waals surface area contributed by atoms with Crippen LogP contribution in [0.1, 0.15) is 26.3 Å². The van der Waals surface area contributed by atoms with E-state index in [1.165, 1.54) is 19.2 Å². The third-order valence-corrected chi connectivity index (χ3v) is 4.43. The second-order valence-corrected chi connectivity index (χ2v) is 5.75. The Hall–Kier alpha value is -2.54. The van der Waals surface area contributed by atoms with Gasteiger partial charge < -0.3 is 15.6 Å². The van der Waals surface area contributed by atoms with E-state index >= 15 is 0 Å². The van der Waals surface area contributed by atoms with Crippen LogP contribution in [0.4, 0.5) is 10.1 Å². The van der Waals surface area contributed by atoms with Gasteiger partial charge in [0.25, 0.3) is 0 Å². The molecule has 0 atom stereocenters. The molecule has 3 N–H and O–H groups in total. The van der Waals surface area contributed by atoms with Crippen molar-refractivity contribution < 1.29 is 23.8 Å². The Morgan fingerprint density at radius 1 is 1.22 bits per heavy atom. The number of rotatable bonds is 4. The Kier molecular flexibility index (Phi) is 4.90. The molecule has 0 bridgehead atoms. The molecule has 0 radical (unpaired) electrons. The van der Waals surface area contributed by atoms with Gasteiger partial charge in [0.2, 0.25) is 0 Å². The summed E-state index contributed by atoms with van der Waals surface area (Å²) in [6, 6.07) is 7.13. The monoisotopic (exact) mass is 335 g/mol. The Bertz CT molecular complexity index is 792. The summed E-state index contributed by atoms with van der Waals surface area (Å²) in [7, 11) is 1.27. The largest absolute Gasteiger partial charge is 0.478 e. The molecule has 5 nitrogen and oxygen atoms in total. The smallest absolute Gasteiger partial charge is 0.339 e. The molecule has 0 aliphatic heterocycles. The van der Waals surface area contributed by atoms with Crippen LogP contribution in [0.3, 0.4) is 0 Å². The standard InChI is InChI=1S/C16H14FNO4S/c1-8-9(16(21)22-2)6-7-12(14(8)18)23-11-5-3-4-10(17)13(11)15(19)20/h3-7H,18H2,1-2H3,(H,19,20). The van der Waals surface area contributed by atoms with Crippen LogP contribution < -0.4 is 5.73 Å². The van der Waals surface area contributed by atoms with E-state index in [4.69, 9.17) is 10.8 Å². The van der Waals surface area contributed by atoms with Crippen molar-refractivity contribution in [1.29, 1.82) is 0 Å². The number of esters is 1. The molecule has 0 spiro atoms. The first-order valence-electron chi connectivity index (χ1n) is 6.53. The van der Waals surface area contributed by atoms with Crippen LogP contribution in [0, 0.1) is 12.7 Å². The fourth-order valence-corrected chi connectivity index (χ4v) is 3.11. The maximum Gasteiger partial charge on any atom is 0.339 e. The lowest BCUT2D eigenvalue weighted by atomic mass is 10.1. The first-order chi connectivity index (χ1) is 10.9. The molecule has 0 unspecified atom stereocenters. The van der Waals surface area contributed by atoms with E-state index in [-0.39, 0.29) is 4.90 Å². The molecule has 0 fully saturated rings. The molecule has 2 aromatic rings. The molecular weight excluding hydrogens is 321 g/mol. The quantitative estimate of drug-likeness (QED) is 0.658. The first kappa shape index (κ1) is 16.8. The number of nitrogens with two attached hydrogens (primary N) is 1. The normalized spacial score (nSPS) is 10.4. The number of carboxylic acids is 1. The SMILES string of the molecule is COC(=O)c1ccc(Sc2cccc(F)c2C(=O)O)c(N)c1C. The number of halogens is 1. The predicted molar refractivity (Wildman–Crippen MR) is 84.4 cm³/mol. The number of hydrogen-bond acceptors (Lipinski definition) is 5. The van der Waals surface area contributed by atoms with E-state index in [0.29, 0.717) is 21.7 Å². The maximum atomic E-state index is 13.7. The molecule has 0 aromatic heterocycles. The second kappa shape index (κ2) is 6.70. The van der Waals surface area contributed by atoms with Gasteiger partial charge in [-0.15, -0.1) is 0 Å². The minimum absolute atomic E-state index is 0.231. The van der Waals surface area contributed by atoms with Gasteiger partial charge in [-0.05, 0) is 36.8 Å². The fourth-order valence-electron chi connectivity index (χ4n) is 2.04. The van der Waals surface area contributed by atoms with Gasteiger partial charge in [-0.1, -0.05) is 17.8 Å². The van der Waals surface area contributed by atoms with Crippen LogP contribution in [-0.4, -0.2) is 24.2 Å². The van der Waals surface area contributed by atoms with Gasteiger partial charge >= 0.3 is 11.9 Å². The molecule has 0 saturated carbocycles. The zero-order valence-corrected chi connectivity index (χ0v) is 13.2. The molecule has 0 aliphatic carbocycles. The van der Waals surface area contributed by atoms with Gasteiger partial charge in [0.05, 0.1) is 12.7 Å². The van der Waals surface area contributed by atoms with Crippen molar-refractivity contribution >= 4 is 29.4 Å². The minimum Gasteiger partial charge on any atom is -0.478 e. The summed E-state index contributed by atoms with van der Waals surface area (Å²) in [5, 5.41) is 9.15. The Morgan fingerprint density at radius 2 is 1.91 bits per heavy atom. The number of hydrogen-bond donors (Lipinski definition) is 2. The van der Waals surface area contributed by atoms with Gasteiger partial charge in [0.1, 0.15) is 11.4 Å². The van der Waals surface area contributed by atoms with E-state index in [9.17, 15) is 14.0 Å². The van der Waals surface area contributed by atoms with Crippen molar-refractivity contribution in [2.45, 2.75) is 16.7 Å². The lowest BCUT2D eigenvalue weighted by Gasteiger charge is -2.13.